The molecular weight excluding hydrogens is 272 g/mol. The summed E-state index contributed by atoms with van der Waals surface area (Å²) in [5.74, 6) is 0.723. The van der Waals surface area contributed by atoms with Crippen molar-refractivity contribution < 1.29 is 13.2 Å². The maximum atomic E-state index is 11.5. The van der Waals surface area contributed by atoms with Crippen LogP contribution in [0.25, 0.3) is 0 Å². The Kier molecular flexibility index (Phi) is 5.47. The highest BCUT2D eigenvalue weighted by Crippen LogP contribution is 2.28. The molecule has 1 aromatic rings. The molecule has 0 saturated carbocycles. The van der Waals surface area contributed by atoms with Crippen LogP contribution in [-0.2, 0) is 9.05 Å². The molecule has 1 aromatic carbocycles. The highest BCUT2D eigenvalue weighted by Gasteiger charge is 2.17. The number of benzene rings is 1. The summed E-state index contributed by atoms with van der Waals surface area (Å²) in [6.45, 7) is 6.49. The number of hydrogen-bond acceptors (Lipinski definition) is 3. The number of aryl methyl sites for hydroxylation is 1. The maximum Gasteiger partial charge on any atom is 0.264 e. The Hall–Kier alpha value is -0.740. The molecule has 102 valence electrons. The summed E-state index contributed by atoms with van der Waals surface area (Å²) in [6, 6.07) is 5.00. The summed E-state index contributed by atoms with van der Waals surface area (Å²) in [5.41, 5.74) is 0.836. The van der Waals surface area contributed by atoms with Crippen molar-refractivity contribution in [2.75, 3.05) is 6.61 Å². The van der Waals surface area contributed by atoms with Crippen LogP contribution in [0.5, 0.6) is 5.75 Å². The Bertz CT molecular complexity index is 497. The van der Waals surface area contributed by atoms with Gasteiger partial charge in [0.15, 0.2) is 0 Å². The minimum Gasteiger partial charge on any atom is -0.492 e. The number of rotatable bonds is 6. The zero-order chi connectivity index (χ0) is 13.8. The van der Waals surface area contributed by atoms with Gasteiger partial charge >= 0.3 is 0 Å². The van der Waals surface area contributed by atoms with E-state index in [0.29, 0.717) is 18.3 Å². The molecule has 0 radical (unpaired) electrons. The summed E-state index contributed by atoms with van der Waals surface area (Å²) in [7, 11) is 1.64. The second-order valence-electron chi connectivity index (χ2n) is 4.59. The average Bonchev–Trinajstić information content (AvgIpc) is 2.26. The first-order valence-electron chi connectivity index (χ1n) is 6.02. The normalized spacial score (nSPS) is 13.3. The Morgan fingerprint density at radius 1 is 1.39 bits per heavy atom. The predicted octanol–water partition coefficient (Wildman–Crippen LogP) is 3.74. The lowest BCUT2D eigenvalue weighted by atomic mass is 10.1. The topological polar surface area (TPSA) is 43.4 Å². The van der Waals surface area contributed by atoms with Gasteiger partial charge in [0, 0.05) is 10.7 Å². The fraction of sp³-hybridized carbons (Fsp3) is 0.538. The Labute approximate surface area is 114 Å². The van der Waals surface area contributed by atoms with Gasteiger partial charge in [-0.25, -0.2) is 8.42 Å². The van der Waals surface area contributed by atoms with Gasteiger partial charge in [0.2, 0.25) is 0 Å². The first-order chi connectivity index (χ1) is 8.34. The van der Waals surface area contributed by atoms with E-state index in [1.165, 1.54) is 6.07 Å². The molecule has 0 amide bonds. The number of hydrogen-bond donors (Lipinski definition) is 0. The molecule has 18 heavy (non-hydrogen) atoms. The Morgan fingerprint density at radius 2 is 2.06 bits per heavy atom. The molecule has 0 aliphatic rings. The van der Waals surface area contributed by atoms with E-state index >= 15 is 0 Å². The summed E-state index contributed by atoms with van der Waals surface area (Å²) < 4.78 is 28.5. The van der Waals surface area contributed by atoms with Crippen LogP contribution in [0, 0.1) is 12.8 Å². The van der Waals surface area contributed by atoms with Gasteiger partial charge in [-0.15, -0.1) is 0 Å². The van der Waals surface area contributed by atoms with Gasteiger partial charge in [-0.2, -0.15) is 0 Å². The SMILES string of the molecule is CCCC(C)COc1ccc(C)cc1S(=O)(=O)Cl. The molecule has 0 fully saturated rings. The van der Waals surface area contributed by atoms with Crippen LogP contribution >= 0.6 is 10.7 Å². The number of ether oxygens (including phenoxy) is 1. The minimum atomic E-state index is -3.77. The lowest BCUT2D eigenvalue weighted by Gasteiger charge is -2.14. The van der Waals surface area contributed by atoms with Gasteiger partial charge in [-0.1, -0.05) is 26.3 Å². The maximum absolute atomic E-state index is 11.5. The molecule has 0 aromatic heterocycles. The fourth-order valence-electron chi connectivity index (χ4n) is 1.73. The van der Waals surface area contributed by atoms with Crippen LogP contribution in [-0.4, -0.2) is 15.0 Å². The smallest absolute Gasteiger partial charge is 0.264 e. The molecule has 1 unspecified atom stereocenters. The molecule has 1 atom stereocenters. The van der Waals surface area contributed by atoms with Crippen LogP contribution in [0.4, 0.5) is 0 Å². The van der Waals surface area contributed by atoms with Gasteiger partial charge in [0.1, 0.15) is 10.6 Å². The summed E-state index contributed by atoms with van der Waals surface area (Å²) >= 11 is 0. The van der Waals surface area contributed by atoms with E-state index in [9.17, 15) is 8.42 Å². The van der Waals surface area contributed by atoms with Crippen LogP contribution < -0.4 is 4.74 Å². The van der Waals surface area contributed by atoms with Crippen LogP contribution in [0.3, 0.4) is 0 Å². The summed E-state index contributed by atoms with van der Waals surface area (Å²) in [4.78, 5) is 0.0489. The van der Waals surface area contributed by atoms with E-state index in [1.807, 2.05) is 13.0 Å². The molecule has 5 heteroatoms. The molecule has 0 bridgehead atoms. The zero-order valence-corrected chi connectivity index (χ0v) is 12.5. The van der Waals surface area contributed by atoms with Crippen molar-refractivity contribution in [3.05, 3.63) is 23.8 Å². The Morgan fingerprint density at radius 3 is 2.61 bits per heavy atom. The first-order valence-corrected chi connectivity index (χ1v) is 8.33. The van der Waals surface area contributed by atoms with Crippen molar-refractivity contribution in [3.63, 3.8) is 0 Å². The van der Waals surface area contributed by atoms with Gasteiger partial charge in [-0.3, -0.25) is 0 Å². The second-order valence-corrected chi connectivity index (χ2v) is 7.13. The van der Waals surface area contributed by atoms with Gasteiger partial charge < -0.3 is 4.74 Å². The third-order valence-corrected chi connectivity index (χ3v) is 4.01. The molecule has 1 rings (SSSR count). The fourth-order valence-corrected chi connectivity index (χ4v) is 2.79. The molecule has 0 N–H and O–H groups in total. The third-order valence-electron chi connectivity index (χ3n) is 2.67. The summed E-state index contributed by atoms with van der Waals surface area (Å²) in [5, 5.41) is 0. The van der Waals surface area contributed by atoms with Gasteiger partial charge in [-0.05, 0) is 37.0 Å². The van der Waals surface area contributed by atoms with Crippen molar-refractivity contribution >= 4 is 19.7 Å². The summed E-state index contributed by atoms with van der Waals surface area (Å²) in [6.07, 6.45) is 2.13. The highest BCUT2D eigenvalue weighted by molar-refractivity contribution is 8.13. The lowest BCUT2D eigenvalue weighted by Crippen LogP contribution is -2.10. The molecule has 0 saturated heterocycles. The van der Waals surface area contributed by atoms with Gasteiger partial charge in [0.25, 0.3) is 9.05 Å². The first kappa shape index (κ1) is 15.3. The predicted molar refractivity (Wildman–Crippen MR) is 73.8 cm³/mol. The molecule has 0 heterocycles. The molecule has 3 nitrogen and oxygen atoms in total. The molecular formula is C13H19ClO3S. The van der Waals surface area contributed by atoms with E-state index in [-0.39, 0.29) is 4.90 Å². The van der Waals surface area contributed by atoms with Crippen molar-refractivity contribution in [2.24, 2.45) is 5.92 Å². The minimum absolute atomic E-state index is 0.0489. The van der Waals surface area contributed by atoms with E-state index in [0.717, 1.165) is 18.4 Å². The van der Waals surface area contributed by atoms with Crippen LogP contribution in [0.15, 0.2) is 23.1 Å². The monoisotopic (exact) mass is 290 g/mol. The van der Waals surface area contributed by atoms with Crippen molar-refractivity contribution in [1.82, 2.24) is 0 Å². The van der Waals surface area contributed by atoms with E-state index in [4.69, 9.17) is 15.4 Å². The lowest BCUT2D eigenvalue weighted by molar-refractivity contribution is 0.246. The molecule has 0 spiro atoms. The van der Waals surface area contributed by atoms with E-state index in [1.54, 1.807) is 6.07 Å². The van der Waals surface area contributed by atoms with Crippen LogP contribution in [0.2, 0.25) is 0 Å². The molecule has 0 aliphatic heterocycles. The van der Waals surface area contributed by atoms with Gasteiger partial charge in [0.05, 0.1) is 6.61 Å². The third kappa shape index (κ3) is 4.50. The van der Waals surface area contributed by atoms with Crippen molar-refractivity contribution in [1.29, 1.82) is 0 Å². The average molecular weight is 291 g/mol. The Balaban J connectivity index is 2.89. The van der Waals surface area contributed by atoms with Crippen molar-refractivity contribution in [2.45, 2.75) is 38.5 Å². The standard InChI is InChI=1S/C13H19ClO3S/c1-4-5-11(3)9-17-12-7-6-10(2)8-13(12)18(14,15)16/h6-8,11H,4-5,9H2,1-3H3. The quantitative estimate of drug-likeness (QED) is 0.750. The largest absolute Gasteiger partial charge is 0.492 e. The second kappa shape index (κ2) is 6.43. The zero-order valence-electron chi connectivity index (χ0n) is 10.9. The van der Waals surface area contributed by atoms with Crippen molar-refractivity contribution in [3.8, 4) is 5.75 Å². The van der Waals surface area contributed by atoms with E-state index in [2.05, 4.69) is 13.8 Å². The van der Waals surface area contributed by atoms with Crippen LogP contribution in [0.1, 0.15) is 32.3 Å². The number of halogens is 1. The molecule has 0 aliphatic carbocycles. The highest BCUT2D eigenvalue weighted by atomic mass is 35.7. The van der Waals surface area contributed by atoms with E-state index < -0.39 is 9.05 Å².